The summed E-state index contributed by atoms with van der Waals surface area (Å²) in [4.78, 5) is 45.1. The van der Waals surface area contributed by atoms with Crippen LogP contribution in [0.3, 0.4) is 0 Å². The summed E-state index contributed by atoms with van der Waals surface area (Å²) >= 11 is 0. The molecule has 0 aromatic carbocycles. The van der Waals surface area contributed by atoms with Crippen molar-refractivity contribution in [3.05, 3.63) is 11.6 Å². The molecule has 0 spiro atoms. The number of aliphatic hydroxyl groups is 3. The molecule has 2 fully saturated rings. The highest BCUT2D eigenvalue weighted by Crippen LogP contribution is 2.40. The number of rotatable bonds is 6. The van der Waals surface area contributed by atoms with Crippen LogP contribution in [0.25, 0.3) is 0 Å². The first-order valence-electron chi connectivity index (χ1n) is 18.0. The van der Waals surface area contributed by atoms with Gasteiger partial charge in [-0.3, -0.25) is 14.4 Å². The van der Waals surface area contributed by atoms with E-state index in [9.17, 15) is 29.7 Å². The van der Waals surface area contributed by atoms with Crippen LogP contribution in [0.1, 0.15) is 88.5 Å². The summed E-state index contributed by atoms with van der Waals surface area (Å²) in [7, 11) is 3.77. The number of ether oxygens (including phenoxy) is 6. The maximum atomic E-state index is 13.7. The minimum absolute atomic E-state index is 0.156. The fourth-order valence-electron chi connectivity index (χ4n) is 7.87. The molecule has 292 valence electrons. The van der Waals surface area contributed by atoms with Gasteiger partial charge in [0.25, 0.3) is 0 Å². The Morgan fingerprint density at radius 1 is 1.10 bits per heavy atom. The van der Waals surface area contributed by atoms with E-state index in [2.05, 4.69) is 4.99 Å². The van der Waals surface area contributed by atoms with E-state index < -0.39 is 103 Å². The van der Waals surface area contributed by atoms with Crippen molar-refractivity contribution in [3.8, 4) is 0 Å². The molecular weight excluding hydrogens is 664 g/mol. The first-order chi connectivity index (χ1) is 23.6. The van der Waals surface area contributed by atoms with E-state index in [-0.39, 0.29) is 25.0 Å². The minimum Gasteiger partial charge on any atom is -0.459 e. The Bertz CT molecular complexity index is 1300. The van der Waals surface area contributed by atoms with Gasteiger partial charge < -0.3 is 48.6 Å². The zero-order valence-electron chi connectivity index (χ0n) is 32.5. The Labute approximate surface area is 302 Å². The van der Waals surface area contributed by atoms with Crippen LogP contribution in [0.15, 0.2) is 16.6 Å². The molecule has 14 heteroatoms. The van der Waals surface area contributed by atoms with Gasteiger partial charge in [-0.1, -0.05) is 26.8 Å². The Morgan fingerprint density at radius 3 is 2.29 bits per heavy atom. The number of esters is 2. The van der Waals surface area contributed by atoms with Crippen LogP contribution < -0.4 is 0 Å². The number of hydrogen-bond acceptors (Lipinski definition) is 13. The number of likely N-dealkylation sites (N-methyl/N-ethyl adjacent to an activating group) is 1. The zero-order valence-corrected chi connectivity index (χ0v) is 32.5. The second-order valence-corrected chi connectivity index (χ2v) is 15.6. The summed E-state index contributed by atoms with van der Waals surface area (Å²) in [6, 6.07) is -0.262. The number of nitrogens with zero attached hydrogens (tertiary/aromatic N) is 2. The van der Waals surface area contributed by atoms with Gasteiger partial charge in [0.15, 0.2) is 12.4 Å². The van der Waals surface area contributed by atoms with Crippen LogP contribution >= 0.6 is 0 Å². The van der Waals surface area contributed by atoms with Crippen molar-refractivity contribution < 1.29 is 58.1 Å². The Balaban J connectivity index is 2.37. The van der Waals surface area contributed by atoms with Crippen LogP contribution in [0.4, 0.5) is 0 Å². The highest BCUT2D eigenvalue weighted by atomic mass is 16.7. The average molecular weight is 727 g/mol. The average Bonchev–Trinajstić information content (AvgIpc) is 3.04. The van der Waals surface area contributed by atoms with Gasteiger partial charge in [-0.25, -0.2) is 4.99 Å². The first-order valence-corrected chi connectivity index (χ1v) is 18.0. The van der Waals surface area contributed by atoms with Crippen molar-refractivity contribution in [2.24, 2.45) is 22.7 Å². The molecule has 14 nitrogen and oxygen atoms in total. The highest BCUT2D eigenvalue weighted by molar-refractivity contribution is 5.97. The molecule has 3 aliphatic heterocycles. The monoisotopic (exact) mass is 726 g/mol. The summed E-state index contributed by atoms with van der Waals surface area (Å²) in [5.41, 5.74) is -4.18. The summed E-state index contributed by atoms with van der Waals surface area (Å²) in [6.07, 6.45) is -2.79. The van der Waals surface area contributed by atoms with Crippen molar-refractivity contribution in [3.63, 3.8) is 0 Å². The smallest absolute Gasteiger partial charge is 0.312 e. The van der Waals surface area contributed by atoms with E-state index in [1.54, 1.807) is 40.7 Å². The number of cyclic esters (lactones) is 1. The van der Waals surface area contributed by atoms with Gasteiger partial charge in [0.2, 0.25) is 5.91 Å². The Kier molecular flexibility index (Phi) is 14.6. The van der Waals surface area contributed by atoms with Gasteiger partial charge in [-0.15, -0.1) is 0 Å². The quantitative estimate of drug-likeness (QED) is 0.269. The molecule has 2 unspecified atom stereocenters. The summed E-state index contributed by atoms with van der Waals surface area (Å²) < 4.78 is 38.0. The van der Waals surface area contributed by atoms with Crippen molar-refractivity contribution in [2.45, 2.75) is 148 Å². The minimum atomic E-state index is -1.94. The number of aliphatic imine (C=N–C) groups is 1. The van der Waals surface area contributed by atoms with Crippen molar-refractivity contribution in [2.75, 3.05) is 33.9 Å². The SMILES string of the molecule is CC[C@H]1OC(=O)C(C)/C=C(\C)[C@@H](O[C@@H]2O[C@H](C)C[C@H](N(C)C)[C@H]2OC(C)=O)[C@@]2(C)C[C@@H](C)C(=NC(C)=O)[C@H](C)[C@H](OCC(O)(CO)CO2)[C@]1(C)O. The predicted octanol–water partition coefficient (Wildman–Crippen LogP) is 2.58. The fraction of sp³-hybridized carbons (Fsp3) is 0.838. The van der Waals surface area contributed by atoms with Gasteiger partial charge in [0, 0.05) is 25.5 Å². The Morgan fingerprint density at radius 2 is 1.75 bits per heavy atom. The number of hydrogen-bond donors (Lipinski definition) is 3. The number of carbonyl (C=O) groups excluding carboxylic acids is 3. The van der Waals surface area contributed by atoms with Crippen LogP contribution in [-0.4, -0.2) is 137 Å². The topological polar surface area (TPSA) is 183 Å². The summed E-state index contributed by atoms with van der Waals surface area (Å²) in [5.74, 6) is -3.63. The fourth-order valence-corrected chi connectivity index (χ4v) is 7.87. The zero-order chi connectivity index (χ0) is 38.6. The molecular formula is C37H62N2O12. The molecule has 3 N–H and O–H groups in total. The molecule has 2 saturated heterocycles. The first kappa shape index (κ1) is 43.1. The number of fused-ring (bicyclic) bond motifs is 5. The van der Waals surface area contributed by atoms with Gasteiger partial charge >= 0.3 is 11.9 Å². The molecule has 1 amide bonds. The van der Waals surface area contributed by atoms with Crippen molar-refractivity contribution in [1.29, 1.82) is 0 Å². The molecule has 0 aliphatic carbocycles. The maximum absolute atomic E-state index is 13.7. The van der Waals surface area contributed by atoms with E-state index in [1.165, 1.54) is 20.8 Å². The van der Waals surface area contributed by atoms with Gasteiger partial charge in [-0.05, 0) is 79.5 Å². The number of carbonyl (C=O) groups is 3. The number of amides is 1. The third-order valence-electron chi connectivity index (χ3n) is 10.5. The van der Waals surface area contributed by atoms with E-state index in [1.807, 2.05) is 32.8 Å². The second kappa shape index (κ2) is 17.2. The van der Waals surface area contributed by atoms with Gasteiger partial charge in [0.1, 0.15) is 23.4 Å². The van der Waals surface area contributed by atoms with Crippen molar-refractivity contribution >= 4 is 23.6 Å². The van der Waals surface area contributed by atoms with Crippen LogP contribution in [0.5, 0.6) is 0 Å². The van der Waals surface area contributed by atoms with Crippen LogP contribution in [0, 0.1) is 17.8 Å². The van der Waals surface area contributed by atoms with Gasteiger partial charge in [-0.2, -0.15) is 0 Å². The van der Waals surface area contributed by atoms with E-state index in [4.69, 9.17) is 28.4 Å². The number of aliphatic hydroxyl groups excluding tert-OH is 1. The molecule has 3 heterocycles. The van der Waals surface area contributed by atoms with Crippen molar-refractivity contribution in [1.82, 2.24) is 4.90 Å². The highest BCUT2D eigenvalue weighted by Gasteiger charge is 2.52. The summed E-state index contributed by atoms with van der Waals surface area (Å²) in [5, 5.41) is 34.3. The molecule has 51 heavy (non-hydrogen) atoms. The van der Waals surface area contributed by atoms with Crippen LogP contribution in [-0.2, 0) is 42.8 Å². The molecule has 2 bridgehead atoms. The van der Waals surface area contributed by atoms with E-state index in [0.29, 0.717) is 17.7 Å². The lowest BCUT2D eigenvalue weighted by Gasteiger charge is -2.47. The molecule has 3 rings (SSSR count). The standard InChI is InChI=1S/C37H62N2O12/c1-13-28-36(10,44)32-24(6)29(38-25(7)41)22(4)16-35(9,47-19-37(45,17-40)18-46-32)31(20(2)14-21(3)33(43)50-28)51-34-30(49-26(8)42)27(39(11)12)15-23(5)48-34/h14,21-24,27-28,30-32,34,40,44-45H,13,15-19H2,1-12H3/b20-14+,38-29?/t21?,22-,23-,24+,27+,28-,30-,31-,32+,34+,35-,36-,37?/m1/s1. The van der Waals surface area contributed by atoms with Crippen LogP contribution in [0.2, 0.25) is 0 Å². The molecule has 3 aliphatic rings. The lowest BCUT2D eigenvalue weighted by molar-refractivity contribution is -0.291. The lowest BCUT2D eigenvalue weighted by atomic mass is 9.75. The van der Waals surface area contributed by atoms with Gasteiger partial charge in [0.05, 0.1) is 49.6 Å². The Hall–Kier alpha value is -2.30. The van der Waals surface area contributed by atoms with E-state index in [0.717, 1.165) is 0 Å². The maximum Gasteiger partial charge on any atom is 0.312 e. The normalized spacial score (nSPS) is 43.6. The summed E-state index contributed by atoms with van der Waals surface area (Å²) in [6.45, 7) is 15.1. The molecule has 0 aromatic rings. The largest absolute Gasteiger partial charge is 0.459 e. The molecule has 0 radical (unpaired) electrons. The lowest BCUT2D eigenvalue weighted by Crippen LogP contribution is -2.59. The molecule has 0 aromatic heterocycles. The molecule has 0 saturated carbocycles. The molecule has 13 atom stereocenters. The third kappa shape index (κ3) is 10.2. The second-order valence-electron chi connectivity index (χ2n) is 15.6. The third-order valence-corrected chi connectivity index (χ3v) is 10.5. The van der Waals surface area contributed by atoms with E-state index >= 15 is 0 Å². The predicted molar refractivity (Wildman–Crippen MR) is 188 cm³/mol.